The zero-order valence-corrected chi connectivity index (χ0v) is 12.0. The number of methoxy groups -OCH3 is 1. The molecule has 0 aliphatic rings. The average Bonchev–Trinajstić information content (AvgIpc) is 2.39. The maximum atomic E-state index is 5.58. The summed E-state index contributed by atoms with van der Waals surface area (Å²) in [7, 11) is 1.72. The molecule has 1 atom stereocenters. The van der Waals surface area contributed by atoms with Crippen molar-refractivity contribution >= 4 is 17.2 Å². The number of thiocarbonyl (C=S) groups is 1. The Morgan fingerprint density at radius 1 is 1.33 bits per heavy atom. The normalized spacial score (nSPS) is 12.6. The highest BCUT2D eigenvalue weighted by atomic mass is 32.1. The van der Waals surface area contributed by atoms with Crippen molar-refractivity contribution in [1.82, 2.24) is 4.90 Å². The second kappa shape index (κ2) is 8.19. The molecule has 0 spiro atoms. The van der Waals surface area contributed by atoms with Crippen molar-refractivity contribution in [3.05, 3.63) is 35.9 Å². The molecule has 3 nitrogen and oxygen atoms in total. The number of nitrogens with two attached hydrogens (primary N) is 1. The first kappa shape index (κ1) is 15.1. The Morgan fingerprint density at radius 2 is 2.00 bits per heavy atom. The highest BCUT2D eigenvalue weighted by molar-refractivity contribution is 7.80. The first-order valence-corrected chi connectivity index (χ1v) is 6.62. The van der Waals surface area contributed by atoms with Gasteiger partial charge in [0.25, 0.3) is 0 Å². The Morgan fingerprint density at radius 3 is 2.56 bits per heavy atom. The summed E-state index contributed by atoms with van der Waals surface area (Å²) in [6.07, 6.45) is 0.746. The van der Waals surface area contributed by atoms with E-state index in [9.17, 15) is 0 Å². The molecule has 0 saturated heterocycles. The molecule has 0 aliphatic carbocycles. The molecule has 0 radical (unpaired) electrons. The zero-order valence-electron chi connectivity index (χ0n) is 11.1. The molecule has 100 valence electrons. The van der Waals surface area contributed by atoms with Crippen LogP contribution < -0.4 is 5.73 Å². The van der Waals surface area contributed by atoms with Gasteiger partial charge in [-0.05, 0) is 12.5 Å². The smallest absolute Gasteiger partial charge is 0.0740 e. The number of nitrogens with zero attached hydrogens (tertiary/aromatic N) is 1. The standard InChI is InChI=1S/C14H22N2OS/c1-12(13-6-4-3-5-7-13)16(10-11-17-2)9-8-14(15)18/h3-7,12H,8-11H2,1-2H3,(H2,15,18). The van der Waals surface area contributed by atoms with Gasteiger partial charge >= 0.3 is 0 Å². The van der Waals surface area contributed by atoms with E-state index < -0.39 is 0 Å². The highest BCUT2D eigenvalue weighted by Gasteiger charge is 2.15. The van der Waals surface area contributed by atoms with Crippen LogP contribution >= 0.6 is 12.2 Å². The lowest BCUT2D eigenvalue weighted by Crippen LogP contribution is -2.33. The maximum Gasteiger partial charge on any atom is 0.0740 e. The second-order valence-electron chi connectivity index (χ2n) is 4.33. The summed E-state index contributed by atoms with van der Waals surface area (Å²) < 4.78 is 5.16. The van der Waals surface area contributed by atoms with Crippen LogP contribution in [0.25, 0.3) is 0 Å². The van der Waals surface area contributed by atoms with Gasteiger partial charge in [-0.3, -0.25) is 4.90 Å². The molecule has 1 aromatic rings. The summed E-state index contributed by atoms with van der Waals surface area (Å²) in [4.78, 5) is 2.91. The first-order chi connectivity index (χ1) is 8.65. The average molecular weight is 266 g/mol. The molecule has 0 fully saturated rings. The fourth-order valence-corrected chi connectivity index (χ4v) is 2.00. The minimum atomic E-state index is 0.343. The van der Waals surface area contributed by atoms with E-state index in [1.165, 1.54) is 5.56 Å². The fraction of sp³-hybridized carbons (Fsp3) is 0.500. The monoisotopic (exact) mass is 266 g/mol. The molecule has 0 aromatic heterocycles. The minimum absolute atomic E-state index is 0.343. The van der Waals surface area contributed by atoms with Gasteiger partial charge in [-0.25, -0.2) is 0 Å². The number of hydrogen-bond donors (Lipinski definition) is 1. The second-order valence-corrected chi connectivity index (χ2v) is 4.86. The van der Waals surface area contributed by atoms with Gasteiger partial charge in [0, 0.05) is 32.7 Å². The largest absolute Gasteiger partial charge is 0.393 e. The van der Waals surface area contributed by atoms with Gasteiger partial charge in [0.1, 0.15) is 0 Å². The van der Waals surface area contributed by atoms with Gasteiger partial charge in [0.05, 0.1) is 11.6 Å². The maximum absolute atomic E-state index is 5.58. The SMILES string of the molecule is COCCN(CCC(N)=S)C(C)c1ccccc1. The Bertz CT molecular complexity index is 356. The van der Waals surface area contributed by atoms with Crippen LogP contribution in [-0.4, -0.2) is 36.7 Å². The summed E-state index contributed by atoms with van der Waals surface area (Å²) >= 11 is 4.95. The van der Waals surface area contributed by atoms with Gasteiger partial charge in [-0.2, -0.15) is 0 Å². The molecular formula is C14H22N2OS. The molecule has 0 aliphatic heterocycles. The van der Waals surface area contributed by atoms with E-state index in [4.69, 9.17) is 22.7 Å². The third-order valence-electron chi connectivity index (χ3n) is 3.06. The van der Waals surface area contributed by atoms with Crippen LogP contribution in [0.3, 0.4) is 0 Å². The molecule has 1 aromatic carbocycles. The Balaban J connectivity index is 2.65. The third kappa shape index (κ3) is 5.12. The molecule has 4 heteroatoms. The van der Waals surface area contributed by atoms with Crippen LogP contribution in [0.4, 0.5) is 0 Å². The molecule has 18 heavy (non-hydrogen) atoms. The highest BCUT2D eigenvalue weighted by Crippen LogP contribution is 2.19. The van der Waals surface area contributed by atoms with Crippen LogP contribution in [0.5, 0.6) is 0 Å². The van der Waals surface area contributed by atoms with Crippen LogP contribution in [0.2, 0.25) is 0 Å². The van der Waals surface area contributed by atoms with Crippen LogP contribution in [-0.2, 0) is 4.74 Å². The lowest BCUT2D eigenvalue weighted by molar-refractivity contribution is 0.127. The van der Waals surface area contributed by atoms with Crippen molar-refractivity contribution in [2.45, 2.75) is 19.4 Å². The Hall–Kier alpha value is -0.970. The van der Waals surface area contributed by atoms with Crippen molar-refractivity contribution in [3.8, 4) is 0 Å². The summed E-state index contributed by atoms with van der Waals surface area (Å²) in [5.74, 6) is 0. The topological polar surface area (TPSA) is 38.5 Å². The van der Waals surface area contributed by atoms with Gasteiger partial charge in [-0.1, -0.05) is 42.5 Å². The summed E-state index contributed by atoms with van der Waals surface area (Å²) in [5, 5.41) is 0. The van der Waals surface area contributed by atoms with Gasteiger partial charge in [-0.15, -0.1) is 0 Å². The third-order valence-corrected chi connectivity index (χ3v) is 3.26. The quantitative estimate of drug-likeness (QED) is 0.733. The first-order valence-electron chi connectivity index (χ1n) is 6.21. The van der Waals surface area contributed by atoms with Crippen molar-refractivity contribution in [2.24, 2.45) is 5.73 Å². The van der Waals surface area contributed by atoms with E-state index in [1.54, 1.807) is 7.11 Å². The predicted octanol–water partition coefficient (Wildman–Crippen LogP) is 2.37. The van der Waals surface area contributed by atoms with Crippen LogP contribution in [0.15, 0.2) is 30.3 Å². The Kier molecular flexibility index (Phi) is 6.86. The summed E-state index contributed by atoms with van der Waals surface area (Å²) in [6.45, 7) is 4.67. The molecule has 1 rings (SSSR count). The van der Waals surface area contributed by atoms with Crippen LogP contribution in [0, 0.1) is 0 Å². The van der Waals surface area contributed by atoms with E-state index in [-0.39, 0.29) is 0 Å². The Labute approximate surface area is 115 Å². The van der Waals surface area contributed by atoms with Crippen LogP contribution in [0.1, 0.15) is 24.9 Å². The van der Waals surface area contributed by atoms with Crippen molar-refractivity contribution in [1.29, 1.82) is 0 Å². The van der Waals surface area contributed by atoms with Gasteiger partial charge in [0.2, 0.25) is 0 Å². The molecule has 1 unspecified atom stereocenters. The number of ether oxygens (including phenoxy) is 1. The minimum Gasteiger partial charge on any atom is -0.393 e. The van der Waals surface area contributed by atoms with Gasteiger partial charge in [0.15, 0.2) is 0 Å². The van der Waals surface area contributed by atoms with E-state index >= 15 is 0 Å². The van der Waals surface area contributed by atoms with E-state index in [0.29, 0.717) is 17.6 Å². The van der Waals surface area contributed by atoms with E-state index in [0.717, 1.165) is 19.5 Å². The lowest BCUT2D eigenvalue weighted by Gasteiger charge is -2.29. The number of benzene rings is 1. The van der Waals surface area contributed by atoms with Crippen molar-refractivity contribution in [2.75, 3.05) is 26.8 Å². The number of hydrogen-bond acceptors (Lipinski definition) is 3. The van der Waals surface area contributed by atoms with E-state index in [1.807, 2.05) is 6.07 Å². The molecule has 0 saturated carbocycles. The summed E-state index contributed by atoms with van der Waals surface area (Å²) in [5.41, 5.74) is 6.88. The van der Waals surface area contributed by atoms with E-state index in [2.05, 4.69) is 36.1 Å². The summed E-state index contributed by atoms with van der Waals surface area (Å²) in [6, 6.07) is 10.8. The molecule has 0 heterocycles. The zero-order chi connectivity index (χ0) is 13.4. The molecule has 0 bridgehead atoms. The lowest BCUT2D eigenvalue weighted by atomic mass is 10.1. The van der Waals surface area contributed by atoms with Crippen molar-refractivity contribution in [3.63, 3.8) is 0 Å². The molecular weight excluding hydrogens is 244 g/mol. The molecule has 2 N–H and O–H groups in total. The molecule has 0 amide bonds. The van der Waals surface area contributed by atoms with Crippen molar-refractivity contribution < 1.29 is 4.74 Å². The number of rotatable bonds is 8. The van der Waals surface area contributed by atoms with Gasteiger partial charge < -0.3 is 10.5 Å². The predicted molar refractivity (Wildman–Crippen MR) is 79.7 cm³/mol. The fourth-order valence-electron chi connectivity index (χ4n) is 1.90.